The third-order valence-corrected chi connectivity index (χ3v) is 6.96. The van der Waals surface area contributed by atoms with Gasteiger partial charge in [-0.25, -0.2) is 4.98 Å². The van der Waals surface area contributed by atoms with E-state index in [-0.39, 0.29) is 5.91 Å². The summed E-state index contributed by atoms with van der Waals surface area (Å²) in [6.45, 7) is 7.48. The molecule has 3 heterocycles. The topological polar surface area (TPSA) is 90.6 Å². The predicted octanol–water partition coefficient (Wildman–Crippen LogP) is 4.38. The quantitative estimate of drug-likeness (QED) is 0.374. The SMILES string of the molecule is Cc1noc(C)c1-c1ccc2nc(N3CCN(C(=O)CN(C)C)CC3)nc(NCc3cccc(Cl)c3)c2c1. The van der Waals surface area contributed by atoms with Crippen molar-refractivity contribution in [2.24, 2.45) is 0 Å². The second-order valence-electron chi connectivity index (χ2n) is 9.89. The number of aryl methyl sites for hydroxylation is 2. The van der Waals surface area contributed by atoms with Gasteiger partial charge in [-0.2, -0.15) is 4.98 Å². The first-order valence-corrected chi connectivity index (χ1v) is 13.1. The van der Waals surface area contributed by atoms with Crippen LogP contribution in [0, 0.1) is 13.8 Å². The Morgan fingerprint density at radius 3 is 2.55 bits per heavy atom. The van der Waals surface area contributed by atoms with E-state index in [1.165, 1.54) is 0 Å². The van der Waals surface area contributed by atoms with Crippen molar-refractivity contribution in [1.29, 1.82) is 0 Å². The fourth-order valence-electron chi connectivity index (χ4n) is 4.80. The molecular weight excluding hydrogens is 502 g/mol. The summed E-state index contributed by atoms with van der Waals surface area (Å²) in [5, 5.41) is 9.24. The molecule has 38 heavy (non-hydrogen) atoms. The van der Waals surface area contributed by atoms with Crippen LogP contribution < -0.4 is 10.2 Å². The number of halogens is 1. The van der Waals surface area contributed by atoms with Crippen LogP contribution in [-0.2, 0) is 11.3 Å². The summed E-state index contributed by atoms with van der Waals surface area (Å²) in [6.07, 6.45) is 0. The summed E-state index contributed by atoms with van der Waals surface area (Å²) >= 11 is 6.21. The van der Waals surface area contributed by atoms with Gasteiger partial charge in [-0.3, -0.25) is 4.79 Å². The third kappa shape index (κ3) is 5.58. The van der Waals surface area contributed by atoms with Gasteiger partial charge in [-0.05, 0) is 63.3 Å². The van der Waals surface area contributed by atoms with Gasteiger partial charge >= 0.3 is 0 Å². The first kappa shape index (κ1) is 25.9. The minimum absolute atomic E-state index is 0.143. The van der Waals surface area contributed by atoms with Gasteiger partial charge in [0.1, 0.15) is 11.6 Å². The molecule has 0 bridgehead atoms. The Morgan fingerprint density at radius 2 is 1.87 bits per heavy atom. The van der Waals surface area contributed by atoms with Gasteiger partial charge in [0.25, 0.3) is 0 Å². The standard InChI is InChI=1S/C28H32ClN7O2/c1-18-26(19(2)38-33-18)21-8-9-24-23(15-21)27(30-16-20-6-5-7-22(29)14-20)32-28(31-24)36-12-10-35(11-13-36)25(37)17-34(3)4/h5-9,14-15H,10-13,16-17H2,1-4H3,(H,30,31,32). The number of carbonyl (C=O) groups is 1. The van der Waals surface area contributed by atoms with E-state index in [2.05, 4.69) is 21.4 Å². The smallest absolute Gasteiger partial charge is 0.236 e. The molecule has 2 aromatic heterocycles. The lowest BCUT2D eigenvalue weighted by Gasteiger charge is -2.35. The van der Waals surface area contributed by atoms with Crippen LogP contribution in [0.5, 0.6) is 0 Å². The van der Waals surface area contributed by atoms with Gasteiger partial charge in [0.2, 0.25) is 11.9 Å². The van der Waals surface area contributed by atoms with Crippen LogP contribution >= 0.6 is 11.6 Å². The summed E-state index contributed by atoms with van der Waals surface area (Å²) in [5.41, 5.74) is 4.72. The highest BCUT2D eigenvalue weighted by Gasteiger charge is 2.24. The first-order valence-electron chi connectivity index (χ1n) is 12.7. The van der Waals surface area contributed by atoms with Gasteiger partial charge in [-0.15, -0.1) is 0 Å². The number of likely N-dealkylation sites (N-methyl/N-ethyl adjacent to an activating group) is 1. The van der Waals surface area contributed by atoms with Gasteiger partial charge in [0.05, 0.1) is 17.8 Å². The molecule has 1 aliphatic rings. The average molecular weight is 534 g/mol. The number of hydrogen-bond acceptors (Lipinski definition) is 8. The average Bonchev–Trinajstić information content (AvgIpc) is 3.24. The Morgan fingerprint density at radius 1 is 1.08 bits per heavy atom. The van der Waals surface area contributed by atoms with Gasteiger partial charge in [0.15, 0.2) is 0 Å². The first-order chi connectivity index (χ1) is 18.3. The van der Waals surface area contributed by atoms with Crippen LogP contribution in [0.2, 0.25) is 5.02 Å². The van der Waals surface area contributed by atoms with E-state index in [0.717, 1.165) is 44.9 Å². The zero-order valence-electron chi connectivity index (χ0n) is 22.2. The minimum atomic E-state index is 0.143. The molecule has 10 heteroatoms. The molecule has 4 aromatic rings. The van der Waals surface area contributed by atoms with Crippen molar-refractivity contribution in [3.63, 3.8) is 0 Å². The van der Waals surface area contributed by atoms with Crippen molar-refractivity contribution >= 4 is 40.2 Å². The van der Waals surface area contributed by atoms with Crippen LogP contribution in [0.1, 0.15) is 17.0 Å². The van der Waals surface area contributed by atoms with Crippen molar-refractivity contribution in [2.75, 3.05) is 57.0 Å². The van der Waals surface area contributed by atoms with Crippen LogP contribution in [0.15, 0.2) is 47.0 Å². The van der Waals surface area contributed by atoms with E-state index in [9.17, 15) is 4.79 Å². The second-order valence-corrected chi connectivity index (χ2v) is 10.3. The molecule has 0 radical (unpaired) electrons. The number of aromatic nitrogens is 3. The predicted molar refractivity (Wildman–Crippen MR) is 151 cm³/mol. The van der Waals surface area contributed by atoms with Crippen molar-refractivity contribution < 1.29 is 9.32 Å². The summed E-state index contributed by atoms with van der Waals surface area (Å²) in [5.74, 6) is 2.31. The Bertz CT molecular complexity index is 1440. The summed E-state index contributed by atoms with van der Waals surface area (Å²) in [4.78, 5) is 28.3. The van der Waals surface area contributed by atoms with Crippen molar-refractivity contribution in [2.45, 2.75) is 20.4 Å². The molecule has 198 valence electrons. The van der Waals surface area contributed by atoms with E-state index < -0.39 is 0 Å². The highest BCUT2D eigenvalue weighted by Crippen LogP contribution is 2.32. The zero-order chi connectivity index (χ0) is 26.8. The van der Waals surface area contributed by atoms with Crippen LogP contribution in [0.3, 0.4) is 0 Å². The third-order valence-electron chi connectivity index (χ3n) is 6.72. The number of fused-ring (bicyclic) bond motifs is 1. The lowest BCUT2D eigenvalue weighted by Crippen LogP contribution is -2.51. The van der Waals surface area contributed by atoms with Crippen molar-refractivity contribution in [1.82, 2.24) is 24.9 Å². The number of benzene rings is 2. The summed E-state index contributed by atoms with van der Waals surface area (Å²) < 4.78 is 5.41. The minimum Gasteiger partial charge on any atom is -0.365 e. The van der Waals surface area contributed by atoms with E-state index >= 15 is 0 Å². The molecule has 0 atom stereocenters. The molecule has 5 rings (SSSR count). The molecule has 2 aromatic carbocycles. The molecule has 1 fully saturated rings. The molecule has 1 N–H and O–H groups in total. The van der Waals surface area contributed by atoms with E-state index in [4.69, 9.17) is 26.1 Å². The highest BCUT2D eigenvalue weighted by molar-refractivity contribution is 6.30. The number of rotatable bonds is 7. The lowest BCUT2D eigenvalue weighted by atomic mass is 10.0. The molecule has 1 aliphatic heterocycles. The van der Waals surface area contributed by atoms with Crippen LogP contribution in [0.4, 0.5) is 11.8 Å². The van der Waals surface area contributed by atoms with Gasteiger partial charge in [0, 0.05) is 48.7 Å². The number of amides is 1. The lowest BCUT2D eigenvalue weighted by molar-refractivity contribution is -0.132. The Balaban J connectivity index is 1.46. The maximum absolute atomic E-state index is 12.5. The summed E-state index contributed by atoms with van der Waals surface area (Å²) in [7, 11) is 3.82. The number of nitrogens with zero attached hydrogens (tertiary/aromatic N) is 6. The largest absolute Gasteiger partial charge is 0.365 e. The maximum Gasteiger partial charge on any atom is 0.236 e. The van der Waals surface area contributed by atoms with Crippen LogP contribution in [0.25, 0.3) is 22.0 Å². The number of anilines is 2. The number of carbonyl (C=O) groups excluding carboxylic acids is 1. The number of piperazine rings is 1. The van der Waals surface area contributed by atoms with Crippen molar-refractivity contribution in [3.8, 4) is 11.1 Å². The maximum atomic E-state index is 12.5. The van der Waals surface area contributed by atoms with Crippen molar-refractivity contribution in [3.05, 3.63) is 64.5 Å². The van der Waals surface area contributed by atoms with E-state index in [1.54, 1.807) is 0 Å². The van der Waals surface area contributed by atoms with Crippen LogP contribution in [-0.4, -0.2) is 77.7 Å². The van der Waals surface area contributed by atoms with Gasteiger partial charge in [-0.1, -0.05) is 35.0 Å². The monoisotopic (exact) mass is 533 g/mol. The molecule has 0 spiro atoms. The van der Waals surface area contributed by atoms with E-state index in [1.807, 2.05) is 74.1 Å². The Kier molecular flexibility index (Phi) is 7.49. The normalized spacial score (nSPS) is 13.9. The molecule has 1 saturated heterocycles. The number of hydrogen-bond donors (Lipinski definition) is 1. The van der Waals surface area contributed by atoms with Gasteiger partial charge < -0.3 is 24.5 Å². The second kappa shape index (κ2) is 11.0. The molecule has 0 unspecified atom stereocenters. The highest BCUT2D eigenvalue weighted by atomic mass is 35.5. The summed E-state index contributed by atoms with van der Waals surface area (Å²) in [6, 6.07) is 13.9. The fraction of sp³-hybridized carbons (Fsp3) is 0.357. The Labute approximate surface area is 227 Å². The molecule has 9 nitrogen and oxygen atoms in total. The molecule has 0 aliphatic carbocycles. The fourth-order valence-corrected chi connectivity index (χ4v) is 5.01. The van der Waals surface area contributed by atoms with E-state index in [0.29, 0.717) is 50.2 Å². The Hall–Kier alpha value is -3.69. The molecular formula is C28H32ClN7O2. The molecule has 0 saturated carbocycles. The zero-order valence-corrected chi connectivity index (χ0v) is 22.9. The number of nitrogens with one attached hydrogen (secondary N) is 1. The molecule has 1 amide bonds.